The lowest BCUT2D eigenvalue weighted by molar-refractivity contribution is 0.187. The number of aliphatic hydroxyl groups excluding tert-OH is 2. The van der Waals surface area contributed by atoms with E-state index in [9.17, 15) is 5.11 Å². The molecule has 18 heavy (non-hydrogen) atoms. The minimum absolute atomic E-state index is 0.226. The summed E-state index contributed by atoms with van der Waals surface area (Å²) in [6.07, 6.45) is -0.434. The van der Waals surface area contributed by atoms with E-state index < -0.39 is 6.10 Å². The van der Waals surface area contributed by atoms with Gasteiger partial charge in [-0.15, -0.1) is 0 Å². The molecule has 0 amide bonds. The molecule has 0 bridgehead atoms. The van der Waals surface area contributed by atoms with Gasteiger partial charge in [0.25, 0.3) is 0 Å². The third kappa shape index (κ3) is 3.02. The topological polar surface area (TPSA) is 46.9 Å². The first kappa shape index (κ1) is 13.3. The summed E-state index contributed by atoms with van der Waals surface area (Å²) in [7, 11) is 0. The predicted octanol–water partition coefficient (Wildman–Crippen LogP) is 0.854. The van der Waals surface area contributed by atoms with Crippen molar-refractivity contribution in [1.29, 1.82) is 0 Å². The second-order valence-electron chi connectivity index (χ2n) is 4.79. The van der Waals surface area contributed by atoms with E-state index in [0.717, 1.165) is 44.0 Å². The zero-order valence-corrected chi connectivity index (χ0v) is 10.9. The Kier molecular flexibility index (Phi) is 4.58. The molecule has 100 valence electrons. The van der Waals surface area contributed by atoms with Crippen molar-refractivity contribution < 1.29 is 10.2 Å². The van der Waals surface area contributed by atoms with Gasteiger partial charge in [0.15, 0.2) is 0 Å². The van der Waals surface area contributed by atoms with E-state index in [4.69, 9.17) is 5.11 Å². The van der Waals surface area contributed by atoms with Crippen LogP contribution >= 0.6 is 0 Å². The van der Waals surface area contributed by atoms with Gasteiger partial charge < -0.3 is 15.1 Å². The van der Waals surface area contributed by atoms with E-state index in [2.05, 4.69) is 15.9 Å². The maximum absolute atomic E-state index is 9.80. The normalized spacial score (nSPS) is 18.9. The Morgan fingerprint density at radius 2 is 1.83 bits per heavy atom. The van der Waals surface area contributed by atoms with Crippen LogP contribution in [0.5, 0.6) is 0 Å². The number of β-amino-alcohol motifs (C(OH)–C–C–N with tert-alkyl or cyclic N) is 1. The number of benzene rings is 1. The number of rotatable bonds is 4. The second kappa shape index (κ2) is 6.18. The smallest absolute Gasteiger partial charge is 0.0781 e. The van der Waals surface area contributed by atoms with Crippen molar-refractivity contribution in [1.82, 2.24) is 4.90 Å². The van der Waals surface area contributed by atoms with Crippen LogP contribution in [0.4, 0.5) is 5.69 Å². The van der Waals surface area contributed by atoms with Gasteiger partial charge in [-0.25, -0.2) is 0 Å². The third-order valence-corrected chi connectivity index (χ3v) is 3.52. The van der Waals surface area contributed by atoms with Gasteiger partial charge in [-0.2, -0.15) is 0 Å². The predicted molar refractivity (Wildman–Crippen MR) is 72.8 cm³/mol. The van der Waals surface area contributed by atoms with Crippen molar-refractivity contribution in [3.63, 3.8) is 0 Å². The van der Waals surface area contributed by atoms with Crippen molar-refractivity contribution in [2.45, 2.75) is 13.0 Å². The van der Waals surface area contributed by atoms with Crippen molar-refractivity contribution in [3.05, 3.63) is 29.8 Å². The molecular formula is C14H22N2O2. The molecule has 4 nitrogen and oxygen atoms in total. The highest BCUT2D eigenvalue weighted by Crippen LogP contribution is 2.26. The van der Waals surface area contributed by atoms with Crippen LogP contribution in [-0.4, -0.2) is 54.4 Å². The summed E-state index contributed by atoms with van der Waals surface area (Å²) in [4.78, 5) is 4.58. The van der Waals surface area contributed by atoms with Gasteiger partial charge in [0.1, 0.15) is 0 Å². The van der Waals surface area contributed by atoms with Crippen LogP contribution < -0.4 is 4.90 Å². The first-order chi connectivity index (χ1) is 8.72. The molecule has 1 atom stereocenters. The summed E-state index contributed by atoms with van der Waals surface area (Å²) >= 11 is 0. The maximum Gasteiger partial charge on any atom is 0.0781 e. The van der Waals surface area contributed by atoms with E-state index >= 15 is 0 Å². The minimum Gasteiger partial charge on any atom is -0.395 e. The number of piperazine rings is 1. The summed E-state index contributed by atoms with van der Waals surface area (Å²) in [5.74, 6) is 0. The number of hydrogen-bond donors (Lipinski definition) is 2. The average molecular weight is 250 g/mol. The van der Waals surface area contributed by atoms with Crippen molar-refractivity contribution in [2.24, 2.45) is 0 Å². The highest BCUT2D eigenvalue weighted by atomic mass is 16.3. The molecule has 0 spiro atoms. The average Bonchev–Trinajstić information content (AvgIpc) is 2.40. The lowest BCUT2D eigenvalue weighted by Crippen LogP contribution is -2.47. The highest BCUT2D eigenvalue weighted by Gasteiger charge is 2.19. The van der Waals surface area contributed by atoms with Gasteiger partial charge in [0, 0.05) is 44.0 Å². The fourth-order valence-corrected chi connectivity index (χ4v) is 2.48. The van der Waals surface area contributed by atoms with E-state index in [1.165, 1.54) is 0 Å². The van der Waals surface area contributed by atoms with Gasteiger partial charge in [-0.05, 0) is 13.0 Å². The Bertz CT molecular complexity index is 374. The zero-order chi connectivity index (χ0) is 13.0. The Labute approximate surface area is 108 Å². The minimum atomic E-state index is -0.434. The van der Waals surface area contributed by atoms with Crippen LogP contribution in [0.1, 0.15) is 18.6 Å². The summed E-state index contributed by atoms with van der Waals surface area (Å²) in [6.45, 7) is 6.62. The standard InChI is InChI=1S/C14H22N2O2/c1-12(18)13-4-2-3-5-14(13)16-8-6-15(7-9-16)10-11-17/h2-5,12,17-18H,6-11H2,1H3. The SMILES string of the molecule is CC(O)c1ccccc1N1CCN(CCO)CC1. The molecule has 1 aromatic carbocycles. The number of hydrogen-bond acceptors (Lipinski definition) is 4. The molecular weight excluding hydrogens is 228 g/mol. The Morgan fingerprint density at radius 1 is 1.17 bits per heavy atom. The largest absolute Gasteiger partial charge is 0.395 e. The summed E-state index contributed by atoms with van der Waals surface area (Å²) < 4.78 is 0. The maximum atomic E-state index is 9.80. The molecule has 1 saturated heterocycles. The molecule has 2 rings (SSSR count). The second-order valence-corrected chi connectivity index (χ2v) is 4.79. The number of nitrogens with zero attached hydrogens (tertiary/aromatic N) is 2. The van der Waals surface area contributed by atoms with E-state index in [1.54, 1.807) is 6.92 Å². The van der Waals surface area contributed by atoms with Crippen LogP contribution in [0.25, 0.3) is 0 Å². The summed E-state index contributed by atoms with van der Waals surface area (Å²) in [5, 5.41) is 18.7. The first-order valence-electron chi connectivity index (χ1n) is 6.57. The van der Waals surface area contributed by atoms with Gasteiger partial charge in [-0.3, -0.25) is 4.90 Å². The van der Waals surface area contributed by atoms with Crippen molar-refractivity contribution in [3.8, 4) is 0 Å². The van der Waals surface area contributed by atoms with E-state index in [0.29, 0.717) is 0 Å². The van der Waals surface area contributed by atoms with Crippen LogP contribution in [0.2, 0.25) is 0 Å². The molecule has 1 unspecified atom stereocenters. The third-order valence-electron chi connectivity index (χ3n) is 3.52. The van der Waals surface area contributed by atoms with E-state index in [-0.39, 0.29) is 6.61 Å². The molecule has 1 aromatic rings. The van der Waals surface area contributed by atoms with Gasteiger partial charge >= 0.3 is 0 Å². The Hall–Kier alpha value is -1.10. The lowest BCUT2D eigenvalue weighted by atomic mass is 10.1. The van der Waals surface area contributed by atoms with Crippen molar-refractivity contribution >= 4 is 5.69 Å². The van der Waals surface area contributed by atoms with Crippen molar-refractivity contribution in [2.75, 3.05) is 44.2 Å². The monoisotopic (exact) mass is 250 g/mol. The zero-order valence-electron chi connectivity index (χ0n) is 10.9. The molecule has 4 heteroatoms. The molecule has 1 fully saturated rings. The fourth-order valence-electron chi connectivity index (χ4n) is 2.48. The molecule has 1 heterocycles. The summed E-state index contributed by atoms with van der Waals surface area (Å²) in [6, 6.07) is 8.04. The highest BCUT2D eigenvalue weighted by molar-refractivity contribution is 5.54. The lowest BCUT2D eigenvalue weighted by Gasteiger charge is -2.37. The molecule has 0 aromatic heterocycles. The van der Waals surface area contributed by atoms with Crippen LogP contribution in [0.3, 0.4) is 0 Å². The molecule has 1 aliphatic heterocycles. The number of para-hydroxylation sites is 1. The van der Waals surface area contributed by atoms with Gasteiger partial charge in [0.2, 0.25) is 0 Å². The molecule has 1 aliphatic rings. The fraction of sp³-hybridized carbons (Fsp3) is 0.571. The summed E-state index contributed by atoms with van der Waals surface area (Å²) in [5.41, 5.74) is 2.13. The molecule has 2 N–H and O–H groups in total. The van der Waals surface area contributed by atoms with E-state index in [1.807, 2.05) is 18.2 Å². The quantitative estimate of drug-likeness (QED) is 0.832. The van der Waals surface area contributed by atoms with Gasteiger partial charge in [0.05, 0.1) is 12.7 Å². The Morgan fingerprint density at radius 3 is 2.44 bits per heavy atom. The van der Waals surface area contributed by atoms with Crippen LogP contribution in [-0.2, 0) is 0 Å². The number of aliphatic hydroxyl groups is 2. The molecule has 0 radical (unpaired) electrons. The van der Waals surface area contributed by atoms with Gasteiger partial charge in [-0.1, -0.05) is 18.2 Å². The molecule has 0 aliphatic carbocycles. The van der Waals surface area contributed by atoms with Crippen LogP contribution in [0.15, 0.2) is 24.3 Å². The first-order valence-corrected chi connectivity index (χ1v) is 6.57. The van der Waals surface area contributed by atoms with Crippen LogP contribution in [0, 0.1) is 0 Å². The Balaban J connectivity index is 2.05. The molecule has 0 saturated carbocycles. The number of anilines is 1.